The van der Waals surface area contributed by atoms with Crippen LogP contribution >= 0.6 is 23.2 Å². The third kappa shape index (κ3) is 5.71. The highest BCUT2D eigenvalue weighted by Gasteiger charge is 2.30. The molecule has 3 N–H and O–H groups in total. The zero-order valence-electron chi connectivity index (χ0n) is 15.3. The van der Waals surface area contributed by atoms with Gasteiger partial charge in [-0.15, -0.1) is 0 Å². The molecule has 0 bridgehead atoms. The number of halogens is 5. The highest BCUT2D eigenvalue weighted by molar-refractivity contribution is 6.36. The van der Waals surface area contributed by atoms with Crippen LogP contribution in [0.2, 0.25) is 10.0 Å². The van der Waals surface area contributed by atoms with Crippen molar-refractivity contribution < 1.29 is 13.2 Å². The summed E-state index contributed by atoms with van der Waals surface area (Å²) < 4.78 is 38.7. The zero-order valence-corrected chi connectivity index (χ0v) is 16.8. The van der Waals surface area contributed by atoms with Crippen LogP contribution in [0.15, 0.2) is 47.6 Å². The van der Waals surface area contributed by atoms with Gasteiger partial charge < -0.3 is 10.6 Å². The first-order valence-electron chi connectivity index (χ1n) is 8.37. The number of anilines is 4. The lowest BCUT2D eigenvalue weighted by Crippen LogP contribution is -2.08. The van der Waals surface area contributed by atoms with Crippen molar-refractivity contribution in [1.82, 2.24) is 15.0 Å². The number of hydrogen-bond donors (Lipinski definition) is 3. The molecule has 0 fully saturated rings. The van der Waals surface area contributed by atoms with E-state index in [0.29, 0.717) is 15.6 Å². The molecule has 0 unspecified atom stereocenters. The fourth-order valence-electron chi connectivity index (χ4n) is 2.26. The van der Waals surface area contributed by atoms with E-state index in [1.54, 1.807) is 25.2 Å². The van der Waals surface area contributed by atoms with Crippen LogP contribution in [-0.2, 0) is 6.18 Å². The van der Waals surface area contributed by atoms with Crippen molar-refractivity contribution in [2.24, 2.45) is 5.10 Å². The number of rotatable bonds is 6. The van der Waals surface area contributed by atoms with Crippen LogP contribution in [-0.4, -0.2) is 28.2 Å². The van der Waals surface area contributed by atoms with E-state index in [4.69, 9.17) is 23.2 Å². The molecule has 3 aromatic rings. The van der Waals surface area contributed by atoms with Crippen molar-refractivity contribution in [2.75, 3.05) is 23.1 Å². The van der Waals surface area contributed by atoms with E-state index in [1.807, 2.05) is 0 Å². The van der Waals surface area contributed by atoms with Crippen molar-refractivity contribution in [3.8, 4) is 0 Å². The monoisotopic (exact) mass is 455 g/mol. The van der Waals surface area contributed by atoms with Gasteiger partial charge in [-0.3, -0.25) is 0 Å². The molecule has 0 atom stereocenters. The van der Waals surface area contributed by atoms with Crippen LogP contribution < -0.4 is 16.1 Å². The molecular formula is C18H14Cl2F3N7. The molecule has 0 aliphatic heterocycles. The van der Waals surface area contributed by atoms with Gasteiger partial charge in [0.2, 0.25) is 17.8 Å². The Morgan fingerprint density at radius 2 is 1.70 bits per heavy atom. The van der Waals surface area contributed by atoms with E-state index in [2.05, 4.69) is 36.1 Å². The molecular weight excluding hydrogens is 442 g/mol. The number of nitrogens with one attached hydrogen (secondary N) is 3. The van der Waals surface area contributed by atoms with Crippen LogP contribution in [0.4, 0.5) is 36.7 Å². The second kappa shape index (κ2) is 9.14. The maximum Gasteiger partial charge on any atom is 0.416 e. The van der Waals surface area contributed by atoms with Crippen molar-refractivity contribution in [3.05, 3.63) is 63.6 Å². The standard InChI is InChI=1S/C18H14Cl2F3N7/c1-24-15-27-16(26-13-4-2-3-11(7-13)18(21,22)23)29-17(28-15)30-25-9-10-5-6-12(19)8-14(10)20/h2-9H,1H3,(H3,24,26,27,28,29,30). The minimum absolute atomic E-state index is 0.0240. The lowest BCUT2D eigenvalue weighted by atomic mass is 10.2. The minimum Gasteiger partial charge on any atom is -0.357 e. The van der Waals surface area contributed by atoms with Gasteiger partial charge in [0.15, 0.2) is 0 Å². The summed E-state index contributed by atoms with van der Waals surface area (Å²) in [5.41, 5.74) is 2.61. The molecule has 0 amide bonds. The SMILES string of the molecule is CNc1nc(NN=Cc2ccc(Cl)cc2Cl)nc(Nc2cccc(C(F)(F)F)c2)n1. The third-order valence-electron chi connectivity index (χ3n) is 3.64. The van der Waals surface area contributed by atoms with Crippen molar-refractivity contribution >= 4 is 52.9 Å². The van der Waals surface area contributed by atoms with E-state index >= 15 is 0 Å². The normalized spacial score (nSPS) is 11.5. The maximum absolute atomic E-state index is 12.9. The molecule has 0 aliphatic rings. The van der Waals surface area contributed by atoms with Crippen molar-refractivity contribution in [3.63, 3.8) is 0 Å². The molecule has 0 saturated carbocycles. The van der Waals surface area contributed by atoms with Gasteiger partial charge in [0.05, 0.1) is 16.8 Å². The molecule has 156 valence electrons. The Morgan fingerprint density at radius 3 is 2.40 bits per heavy atom. The molecule has 7 nitrogen and oxygen atoms in total. The summed E-state index contributed by atoms with van der Waals surface area (Å²) in [6.45, 7) is 0. The lowest BCUT2D eigenvalue weighted by molar-refractivity contribution is -0.137. The number of aromatic nitrogens is 3. The average molecular weight is 456 g/mol. The van der Waals surface area contributed by atoms with Crippen LogP contribution in [0.5, 0.6) is 0 Å². The predicted octanol–water partition coefficient (Wildman–Crippen LogP) is 5.43. The van der Waals surface area contributed by atoms with Gasteiger partial charge in [0, 0.05) is 23.3 Å². The Balaban J connectivity index is 1.79. The Hall–Kier alpha value is -3.11. The molecule has 2 aromatic carbocycles. The Morgan fingerprint density at radius 1 is 0.967 bits per heavy atom. The van der Waals surface area contributed by atoms with E-state index < -0.39 is 11.7 Å². The summed E-state index contributed by atoms with van der Waals surface area (Å²) >= 11 is 11.9. The van der Waals surface area contributed by atoms with E-state index in [-0.39, 0.29) is 23.5 Å². The second-order valence-electron chi connectivity index (χ2n) is 5.80. The molecule has 1 aromatic heterocycles. The van der Waals surface area contributed by atoms with E-state index in [9.17, 15) is 13.2 Å². The summed E-state index contributed by atoms with van der Waals surface area (Å²) in [7, 11) is 1.59. The molecule has 12 heteroatoms. The quantitative estimate of drug-likeness (QED) is 0.339. The highest BCUT2D eigenvalue weighted by atomic mass is 35.5. The largest absolute Gasteiger partial charge is 0.416 e. The maximum atomic E-state index is 12.9. The van der Waals surface area contributed by atoms with E-state index in [0.717, 1.165) is 12.1 Å². The van der Waals surface area contributed by atoms with Crippen LogP contribution in [0.25, 0.3) is 0 Å². The molecule has 0 spiro atoms. The smallest absolute Gasteiger partial charge is 0.357 e. The fraction of sp³-hybridized carbons (Fsp3) is 0.111. The Kier molecular flexibility index (Phi) is 6.58. The first kappa shape index (κ1) is 21.6. The number of hydrazone groups is 1. The molecule has 0 saturated heterocycles. The van der Waals surface area contributed by atoms with E-state index in [1.165, 1.54) is 18.3 Å². The summed E-state index contributed by atoms with van der Waals surface area (Å²) in [5.74, 6) is 0.266. The highest BCUT2D eigenvalue weighted by Crippen LogP contribution is 2.31. The molecule has 30 heavy (non-hydrogen) atoms. The first-order valence-corrected chi connectivity index (χ1v) is 9.12. The van der Waals surface area contributed by atoms with Gasteiger partial charge in [-0.05, 0) is 30.3 Å². The lowest BCUT2D eigenvalue weighted by Gasteiger charge is -2.11. The van der Waals surface area contributed by atoms with Crippen molar-refractivity contribution in [1.29, 1.82) is 0 Å². The molecule has 3 rings (SSSR count). The fourth-order valence-corrected chi connectivity index (χ4v) is 2.72. The zero-order chi connectivity index (χ0) is 21.7. The van der Waals surface area contributed by atoms with Crippen LogP contribution in [0, 0.1) is 0 Å². The van der Waals surface area contributed by atoms with Crippen LogP contribution in [0.3, 0.4) is 0 Å². The minimum atomic E-state index is -4.46. The number of nitrogens with zero attached hydrogens (tertiary/aromatic N) is 4. The average Bonchev–Trinajstić information content (AvgIpc) is 2.69. The Bertz CT molecular complexity index is 1070. The van der Waals surface area contributed by atoms with Gasteiger partial charge >= 0.3 is 6.18 Å². The van der Waals surface area contributed by atoms with Gasteiger partial charge in [-0.25, -0.2) is 5.43 Å². The predicted molar refractivity (Wildman–Crippen MR) is 112 cm³/mol. The third-order valence-corrected chi connectivity index (χ3v) is 4.20. The van der Waals surface area contributed by atoms with Crippen LogP contribution in [0.1, 0.15) is 11.1 Å². The number of hydrogen-bond acceptors (Lipinski definition) is 7. The Labute approximate surface area is 179 Å². The first-order chi connectivity index (χ1) is 14.2. The number of alkyl halides is 3. The summed E-state index contributed by atoms with van der Waals surface area (Å²) in [4.78, 5) is 12.3. The molecule has 0 aliphatic carbocycles. The van der Waals surface area contributed by atoms with Gasteiger partial charge in [-0.2, -0.15) is 33.2 Å². The van der Waals surface area contributed by atoms with Gasteiger partial charge in [-0.1, -0.05) is 35.3 Å². The topological polar surface area (TPSA) is 87.1 Å². The van der Waals surface area contributed by atoms with Crippen molar-refractivity contribution in [2.45, 2.75) is 6.18 Å². The second-order valence-corrected chi connectivity index (χ2v) is 6.64. The summed E-state index contributed by atoms with van der Waals surface area (Å²) in [5, 5.41) is 10.4. The number of benzene rings is 2. The van der Waals surface area contributed by atoms with Gasteiger partial charge in [0.25, 0.3) is 0 Å². The molecule has 1 heterocycles. The van der Waals surface area contributed by atoms with Gasteiger partial charge in [0.1, 0.15) is 0 Å². The summed E-state index contributed by atoms with van der Waals surface area (Å²) in [6.07, 6.45) is -3.02. The summed E-state index contributed by atoms with van der Waals surface area (Å²) in [6, 6.07) is 9.59. The molecule has 0 radical (unpaired) electrons.